The zero-order chi connectivity index (χ0) is 27.5. The number of hydrogen-bond donors (Lipinski definition) is 1. The second-order valence-electron chi connectivity index (χ2n) is 14.3. The van der Waals surface area contributed by atoms with Crippen molar-refractivity contribution in [1.82, 2.24) is 9.21 Å². The van der Waals surface area contributed by atoms with Gasteiger partial charge in [0.25, 0.3) is 0 Å². The lowest BCUT2D eigenvalue weighted by Crippen LogP contribution is -2.50. The summed E-state index contributed by atoms with van der Waals surface area (Å²) in [6.45, 7) is 8.81. The molecule has 1 amide bonds. The van der Waals surface area contributed by atoms with Gasteiger partial charge in [-0.1, -0.05) is 32.4 Å². The molecule has 0 aromatic carbocycles. The van der Waals surface area contributed by atoms with Gasteiger partial charge in [0.05, 0.1) is 12.4 Å². The first kappa shape index (κ1) is 28.6. The number of amides is 1. The first-order valence-corrected chi connectivity index (χ1v) is 17.3. The minimum Gasteiger partial charge on any atom is -0.393 e. The van der Waals surface area contributed by atoms with E-state index in [-0.39, 0.29) is 18.1 Å². The summed E-state index contributed by atoms with van der Waals surface area (Å²) < 4.78 is 25.2. The van der Waals surface area contributed by atoms with E-state index in [1.165, 1.54) is 42.7 Å². The van der Waals surface area contributed by atoms with Gasteiger partial charge in [-0.15, -0.1) is 0 Å². The highest BCUT2D eigenvalue weighted by atomic mass is 32.2. The summed E-state index contributed by atoms with van der Waals surface area (Å²) in [7, 11) is -1.53. The topological polar surface area (TPSA) is 77.9 Å². The summed E-state index contributed by atoms with van der Waals surface area (Å²) in [5.74, 6) is 3.84. The number of piperidine rings is 1. The van der Waals surface area contributed by atoms with Gasteiger partial charge in [0.2, 0.25) is 15.9 Å². The summed E-state index contributed by atoms with van der Waals surface area (Å²) >= 11 is 0. The third-order valence-corrected chi connectivity index (χ3v) is 13.9. The van der Waals surface area contributed by atoms with Gasteiger partial charge in [-0.3, -0.25) is 4.79 Å². The van der Waals surface area contributed by atoms with Crippen molar-refractivity contribution in [2.45, 2.75) is 110 Å². The molecule has 1 aliphatic heterocycles. The van der Waals surface area contributed by atoms with E-state index < -0.39 is 10.0 Å². The van der Waals surface area contributed by atoms with Gasteiger partial charge in [-0.05, 0) is 111 Å². The van der Waals surface area contributed by atoms with E-state index in [0.29, 0.717) is 42.2 Å². The molecule has 1 heterocycles. The standard InChI is InChI=1S/C31H52N2O4S/c1-21(6-11-29(35)33-18-14-23(15-19-33)32(4)38(5,36)37)26-9-10-27-25-8-7-22-20-24(34)12-16-30(22,2)28(25)13-17-31(26,27)3/h7,21,23-28,34H,6,8-20H2,1-5H3/t21-,24+,25+,26-,27+,28+,30+,31-/m1/s1. The second-order valence-corrected chi connectivity index (χ2v) is 16.3. The van der Waals surface area contributed by atoms with E-state index in [2.05, 4.69) is 26.8 Å². The maximum Gasteiger partial charge on any atom is 0.222 e. The molecule has 0 spiro atoms. The summed E-state index contributed by atoms with van der Waals surface area (Å²) in [5, 5.41) is 10.3. The van der Waals surface area contributed by atoms with Crippen LogP contribution in [0.4, 0.5) is 0 Å². The fourth-order valence-corrected chi connectivity index (χ4v) is 10.8. The van der Waals surface area contributed by atoms with Crippen LogP contribution in [0.25, 0.3) is 0 Å². The van der Waals surface area contributed by atoms with Gasteiger partial charge in [0.15, 0.2) is 0 Å². The summed E-state index contributed by atoms with van der Waals surface area (Å²) in [5.41, 5.74) is 2.23. The van der Waals surface area contributed by atoms with Crippen LogP contribution in [0, 0.1) is 40.4 Å². The number of carbonyl (C=O) groups excluding carboxylic acids is 1. The Morgan fingerprint density at radius 1 is 1.11 bits per heavy atom. The zero-order valence-electron chi connectivity index (χ0n) is 24.5. The Balaban J connectivity index is 1.16. The predicted octanol–water partition coefficient (Wildman–Crippen LogP) is 5.23. The van der Waals surface area contributed by atoms with Crippen molar-refractivity contribution in [3.63, 3.8) is 0 Å². The average Bonchev–Trinajstić information content (AvgIpc) is 3.24. The number of aliphatic hydroxyl groups excluding tert-OH is 1. The summed E-state index contributed by atoms with van der Waals surface area (Å²) in [6, 6.07) is 0.00474. The number of sulfonamides is 1. The first-order valence-electron chi connectivity index (χ1n) is 15.4. The Bertz CT molecular complexity index is 1030. The molecule has 0 bridgehead atoms. The molecular weight excluding hydrogens is 496 g/mol. The van der Waals surface area contributed by atoms with Crippen molar-refractivity contribution < 1.29 is 18.3 Å². The molecule has 4 aliphatic carbocycles. The molecule has 8 atom stereocenters. The van der Waals surface area contributed by atoms with Crippen molar-refractivity contribution in [1.29, 1.82) is 0 Å². The number of likely N-dealkylation sites (tertiary alicyclic amines) is 1. The molecule has 6 nitrogen and oxygen atoms in total. The normalized spacial score (nSPS) is 40.8. The minimum atomic E-state index is -3.19. The van der Waals surface area contributed by atoms with Crippen molar-refractivity contribution in [3.05, 3.63) is 11.6 Å². The molecule has 1 saturated heterocycles. The van der Waals surface area contributed by atoms with Crippen molar-refractivity contribution in [3.8, 4) is 0 Å². The molecule has 3 saturated carbocycles. The SMILES string of the molecule is C[C@H](CCC(=O)N1CCC(N(C)S(C)(=O)=O)CC1)[C@H]1CC[C@H]2[C@@H]3CC=C4C[C@@H](O)CC[C@]4(C)[C@H]3CC[C@]12C. The zero-order valence-corrected chi connectivity index (χ0v) is 25.3. The van der Waals surface area contributed by atoms with Crippen LogP contribution in [0.2, 0.25) is 0 Å². The lowest BCUT2D eigenvalue weighted by molar-refractivity contribution is -0.133. The number of carbonyl (C=O) groups is 1. The maximum atomic E-state index is 13.1. The average molecular weight is 549 g/mol. The molecule has 216 valence electrons. The smallest absolute Gasteiger partial charge is 0.222 e. The number of hydrogen-bond acceptors (Lipinski definition) is 4. The highest BCUT2D eigenvalue weighted by Crippen LogP contribution is 2.67. The number of rotatable bonds is 6. The largest absolute Gasteiger partial charge is 0.393 e. The third kappa shape index (κ3) is 5.02. The number of allylic oxidation sites excluding steroid dienone is 1. The number of aliphatic hydroxyl groups is 1. The van der Waals surface area contributed by atoms with Crippen molar-refractivity contribution in [2.75, 3.05) is 26.4 Å². The molecule has 0 aromatic rings. The molecule has 1 N–H and O–H groups in total. The third-order valence-electron chi connectivity index (χ3n) is 12.5. The Labute approximate surface area is 231 Å². The predicted molar refractivity (Wildman–Crippen MR) is 152 cm³/mol. The van der Waals surface area contributed by atoms with E-state index in [0.717, 1.165) is 56.3 Å². The van der Waals surface area contributed by atoms with Crippen LogP contribution in [0.1, 0.15) is 97.8 Å². The summed E-state index contributed by atoms with van der Waals surface area (Å²) in [4.78, 5) is 15.1. The Hall–Kier alpha value is -0.920. The van der Waals surface area contributed by atoms with Crippen LogP contribution in [0.3, 0.4) is 0 Å². The summed E-state index contributed by atoms with van der Waals surface area (Å²) in [6.07, 6.45) is 16.1. The Kier molecular flexibility index (Phi) is 7.89. The fraction of sp³-hybridized carbons (Fsp3) is 0.903. The van der Waals surface area contributed by atoms with Crippen LogP contribution in [0.5, 0.6) is 0 Å². The second kappa shape index (κ2) is 10.5. The maximum absolute atomic E-state index is 13.1. The van der Waals surface area contributed by atoms with Gasteiger partial charge in [0, 0.05) is 32.6 Å². The lowest BCUT2D eigenvalue weighted by Gasteiger charge is -2.58. The van der Waals surface area contributed by atoms with E-state index in [1.54, 1.807) is 12.6 Å². The van der Waals surface area contributed by atoms with Gasteiger partial charge in [-0.25, -0.2) is 12.7 Å². The highest BCUT2D eigenvalue weighted by Gasteiger charge is 2.59. The van der Waals surface area contributed by atoms with Crippen LogP contribution >= 0.6 is 0 Å². The lowest BCUT2D eigenvalue weighted by atomic mass is 9.47. The van der Waals surface area contributed by atoms with E-state index in [9.17, 15) is 18.3 Å². The molecule has 0 unspecified atom stereocenters. The van der Waals surface area contributed by atoms with Crippen LogP contribution in [-0.2, 0) is 14.8 Å². The van der Waals surface area contributed by atoms with Gasteiger partial charge < -0.3 is 10.0 Å². The first-order chi connectivity index (χ1) is 17.8. The molecule has 38 heavy (non-hydrogen) atoms. The van der Waals surface area contributed by atoms with E-state index in [1.807, 2.05) is 4.90 Å². The Morgan fingerprint density at radius 2 is 1.82 bits per heavy atom. The number of nitrogens with zero attached hydrogens (tertiary/aromatic N) is 2. The van der Waals surface area contributed by atoms with Crippen LogP contribution in [-0.4, -0.2) is 67.2 Å². The molecular formula is C31H52N2O4S. The molecule has 0 radical (unpaired) electrons. The van der Waals surface area contributed by atoms with Crippen LogP contribution < -0.4 is 0 Å². The fourth-order valence-electron chi connectivity index (χ4n) is 10.1. The van der Waals surface area contributed by atoms with Crippen molar-refractivity contribution in [2.24, 2.45) is 40.4 Å². The van der Waals surface area contributed by atoms with E-state index in [4.69, 9.17) is 0 Å². The minimum absolute atomic E-state index is 0.00474. The van der Waals surface area contributed by atoms with E-state index >= 15 is 0 Å². The Morgan fingerprint density at radius 3 is 2.50 bits per heavy atom. The number of fused-ring (bicyclic) bond motifs is 5. The van der Waals surface area contributed by atoms with Gasteiger partial charge in [-0.2, -0.15) is 0 Å². The quantitative estimate of drug-likeness (QED) is 0.462. The molecule has 7 heteroatoms. The molecule has 5 aliphatic rings. The molecule has 0 aromatic heterocycles. The van der Waals surface area contributed by atoms with Crippen molar-refractivity contribution >= 4 is 15.9 Å². The monoisotopic (exact) mass is 548 g/mol. The van der Waals surface area contributed by atoms with Gasteiger partial charge in [0.1, 0.15) is 0 Å². The van der Waals surface area contributed by atoms with Gasteiger partial charge >= 0.3 is 0 Å². The highest BCUT2D eigenvalue weighted by molar-refractivity contribution is 7.88. The molecule has 5 rings (SSSR count). The van der Waals surface area contributed by atoms with Crippen LogP contribution in [0.15, 0.2) is 11.6 Å². The molecule has 4 fully saturated rings.